The highest BCUT2D eigenvalue weighted by Crippen LogP contribution is 2.45. The van der Waals surface area contributed by atoms with Gasteiger partial charge < -0.3 is 15.2 Å². The molecule has 8 nitrogen and oxygen atoms in total. The van der Waals surface area contributed by atoms with Crippen molar-refractivity contribution >= 4 is 75.6 Å². The Morgan fingerprint density at radius 2 is 1.84 bits per heavy atom. The van der Waals surface area contributed by atoms with E-state index in [1.165, 1.54) is 29.7 Å². The van der Waals surface area contributed by atoms with E-state index in [1.807, 2.05) is 0 Å². The third-order valence-corrected chi connectivity index (χ3v) is 7.47. The number of hydrogen-bond donors (Lipinski definition) is 2. The molecule has 196 valence electrons. The van der Waals surface area contributed by atoms with Gasteiger partial charge in [0, 0.05) is 18.1 Å². The quantitative estimate of drug-likeness (QED) is 0.177. The van der Waals surface area contributed by atoms with Crippen LogP contribution in [0, 0.1) is 0 Å². The molecule has 0 fully saturated rings. The molecule has 3 aromatic rings. The van der Waals surface area contributed by atoms with Gasteiger partial charge in [-0.15, -0.1) is 22.7 Å². The number of rotatable bonds is 8. The van der Waals surface area contributed by atoms with Crippen molar-refractivity contribution in [1.82, 2.24) is 5.32 Å². The Labute approximate surface area is 232 Å². The first-order valence-corrected chi connectivity index (χ1v) is 13.5. The molecule has 0 aliphatic rings. The summed E-state index contributed by atoms with van der Waals surface area (Å²) >= 11 is 14.3. The topological polar surface area (TPSA) is 108 Å². The summed E-state index contributed by atoms with van der Waals surface area (Å²) < 4.78 is 5.22. The van der Waals surface area contributed by atoms with Gasteiger partial charge in [-0.3, -0.25) is 14.4 Å². The second-order valence-electron chi connectivity index (χ2n) is 8.67. The standard InChI is InChI=1S/C25H25Cl2N3O5S2/c1-5-29-30(17-13-36-22(21(17)32)14-6-7-15(26)16(27)12-14)24(34)19-9-8-18(37-19)23(33)28-11-10-20(31)35-25(2,3)4/h5-9,12-13,32H,10-11H2,1-4H3,(H,28,33). The number of anilines is 1. The molecule has 0 radical (unpaired) electrons. The highest BCUT2D eigenvalue weighted by atomic mass is 35.5. The number of esters is 1. The van der Waals surface area contributed by atoms with Crippen molar-refractivity contribution in [3.8, 4) is 16.2 Å². The zero-order chi connectivity index (χ0) is 27.3. The minimum absolute atomic E-state index is 0.0256. The van der Waals surface area contributed by atoms with Gasteiger partial charge in [0.2, 0.25) is 0 Å². The molecule has 2 amide bonds. The van der Waals surface area contributed by atoms with Crippen molar-refractivity contribution in [2.45, 2.75) is 39.7 Å². The molecule has 1 aromatic carbocycles. The monoisotopic (exact) mass is 581 g/mol. The highest BCUT2D eigenvalue weighted by Gasteiger charge is 2.26. The van der Waals surface area contributed by atoms with Gasteiger partial charge in [-0.05, 0) is 57.5 Å². The van der Waals surface area contributed by atoms with E-state index in [1.54, 1.807) is 51.3 Å². The molecule has 0 saturated carbocycles. The Morgan fingerprint density at radius 1 is 1.14 bits per heavy atom. The Balaban J connectivity index is 1.74. The van der Waals surface area contributed by atoms with Crippen LogP contribution >= 0.6 is 45.9 Å². The SMILES string of the molecule is CC=NN(C(=O)c1ccc(C(=O)NCCC(=O)OC(C)(C)C)s1)c1csc(-c2ccc(Cl)c(Cl)c2)c1O. The summed E-state index contributed by atoms with van der Waals surface area (Å²) in [6.45, 7) is 7.04. The van der Waals surface area contributed by atoms with Crippen LogP contribution < -0.4 is 10.3 Å². The Kier molecular flexibility index (Phi) is 9.36. The summed E-state index contributed by atoms with van der Waals surface area (Å²) in [4.78, 5) is 38.7. The minimum atomic E-state index is -0.601. The third kappa shape index (κ3) is 7.32. The lowest BCUT2D eigenvalue weighted by atomic mass is 10.1. The summed E-state index contributed by atoms with van der Waals surface area (Å²) in [6, 6.07) is 7.99. The van der Waals surface area contributed by atoms with Gasteiger partial charge in [0.25, 0.3) is 11.8 Å². The number of nitrogens with one attached hydrogen (secondary N) is 1. The molecule has 0 spiro atoms. The van der Waals surface area contributed by atoms with Crippen LogP contribution in [0.4, 0.5) is 5.69 Å². The van der Waals surface area contributed by atoms with Crippen LogP contribution in [0.25, 0.3) is 10.4 Å². The number of aromatic hydroxyl groups is 1. The molecule has 0 bridgehead atoms. The lowest BCUT2D eigenvalue weighted by Crippen LogP contribution is -2.29. The summed E-state index contributed by atoms with van der Waals surface area (Å²) in [5, 5.41) is 21.1. The van der Waals surface area contributed by atoms with Crippen LogP contribution in [0.15, 0.2) is 40.8 Å². The largest absolute Gasteiger partial charge is 0.504 e. The minimum Gasteiger partial charge on any atom is -0.504 e. The first-order valence-electron chi connectivity index (χ1n) is 11.1. The molecule has 3 rings (SSSR count). The molecule has 0 saturated heterocycles. The number of amides is 2. The molecular formula is C25H25Cl2N3O5S2. The number of carbonyl (C=O) groups excluding carboxylic acids is 3. The van der Waals surface area contributed by atoms with Crippen molar-refractivity contribution in [3.05, 3.63) is 55.5 Å². The van der Waals surface area contributed by atoms with Crippen molar-refractivity contribution in [3.63, 3.8) is 0 Å². The van der Waals surface area contributed by atoms with E-state index in [4.69, 9.17) is 27.9 Å². The normalized spacial score (nSPS) is 11.5. The number of hydrogen-bond acceptors (Lipinski definition) is 8. The summed E-state index contributed by atoms with van der Waals surface area (Å²) in [6.07, 6.45) is 1.45. The third-order valence-electron chi connectivity index (χ3n) is 4.65. The smallest absolute Gasteiger partial charge is 0.308 e. The molecular weight excluding hydrogens is 557 g/mol. The Morgan fingerprint density at radius 3 is 2.49 bits per heavy atom. The van der Waals surface area contributed by atoms with E-state index in [9.17, 15) is 19.5 Å². The maximum absolute atomic E-state index is 13.3. The van der Waals surface area contributed by atoms with Gasteiger partial charge in [0.05, 0.1) is 31.1 Å². The van der Waals surface area contributed by atoms with E-state index in [-0.39, 0.29) is 29.3 Å². The zero-order valence-electron chi connectivity index (χ0n) is 20.5. The molecule has 0 unspecified atom stereocenters. The fourth-order valence-corrected chi connectivity index (χ4v) is 5.18. The summed E-state index contributed by atoms with van der Waals surface area (Å²) in [5.41, 5.74) is 0.222. The Bertz CT molecular complexity index is 1340. The predicted octanol–water partition coefficient (Wildman–Crippen LogP) is 6.60. The highest BCUT2D eigenvalue weighted by molar-refractivity contribution is 7.16. The van der Waals surface area contributed by atoms with Crippen molar-refractivity contribution in [1.29, 1.82) is 0 Å². The number of thiophene rings is 2. The zero-order valence-corrected chi connectivity index (χ0v) is 23.6. The van der Waals surface area contributed by atoms with Crippen LogP contribution in [0.1, 0.15) is 53.5 Å². The lowest BCUT2D eigenvalue weighted by Gasteiger charge is -2.19. The van der Waals surface area contributed by atoms with Crippen LogP contribution in [0.2, 0.25) is 10.0 Å². The Hall–Kier alpha value is -2.92. The number of benzene rings is 1. The average Bonchev–Trinajstić information content (AvgIpc) is 3.45. The average molecular weight is 583 g/mol. The fourth-order valence-electron chi connectivity index (χ4n) is 3.11. The van der Waals surface area contributed by atoms with Gasteiger partial charge in [-0.1, -0.05) is 29.3 Å². The van der Waals surface area contributed by atoms with Gasteiger partial charge in [0.1, 0.15) is 11.3 Å². The second-order valence-corrected chi connectivity index (χ2v) is 11.5. The first kappa shape index (κ1) is 28.6. The maximum Gasteiger partial charge on any atom is 0.308 e. The molecule has 2 N–H and O–H groups in total. The van der Waals surface area contributed by atoms with Crippen LogP contribution in [0.5, 0.6) is 5.75 Å². The van der Waals surface area contributed by atoms with Gasteiger partial charge in [-0.25, -0.2) is 0 Å². The van der Waals surface area contributed by atoms with E-state index >= 15 is 0 Å². The molecule has 0 atom stereocenters. The van der Waals surface area contributed by atoms with Gasteiger partial charge in [-0.2, -0.15) is 10.1 Å². The molecule has 2 aromatic heterocycles. The van der Waals surface area contributed by atoms with E-state index in [2.05, 4.69) is 10.4 Å². The lowest BCUT2D eigenvalue weighted by molar-refractivity contribution is -0.154. The number of halogens is 2. The number of carbonyl (C=O) groups is 3. The molecule has 37 heavy (non-hydrogen) atoms. The van der Waals surface area contributed by atoms with Crippen molar-refractivity contribution in [2.24, 2.45) is 5.10 Å². The first-order chi connectivity index (χ1) is 17.4. The molecule has 0 aliphatic heterocycles. The van der Waals surface area contributed by atoms with Crippen LogP contribution in [-0.4, -0.2) is 41.3 Å². The summed E-state index contributed by atoms with van der Waals surface area (Å²) in [5.74, 6) is -1.50. The molecule has 2 heterocycles. The van der Waals surface area contributed by atoms with Gasteiger partial charge in [0.15, 0.2) is 5.75 Å². The second kappa shape index (κ2) is 12.1. The maximum atomic E-state index is 13.3. The molecule has 12 heteroatoms. The number of ether oxygens (including phenoxy) is 1. The summed E-state index contributed by atoms with van der Waals surface area (Å²) in [7, 11) is 0. The number of hydrazone groups is 1. The number of nitrogens with zero attached hydrogens (tertiary/aromatic N) is 2. The fraction of sp³-hybridized carbons (Fsp3) is 0.280. The van der Waals surface area contributed by atoms with Crippen LogP contribution in [-0.2, 0) is 9.53 Å². The predicted molar refractivity (Wildman–Crippen MR) is 150 cm³/mol. The van der Waals surface area contributed by atoms with E-state index in [0.717, 1.165) is 16.3 Å². The van der Waals surface area contributed by atoms with Crippen LogP contribution in [0.3, 0.4) is 0 Å². The van der Waals surface area contributed by atoms with Crippen molar-refractivity contribution in [2.75, 3.05) is 11.6 Å². The van der Waals surface area contributed by atoms with E-state index in [0.29, 0.717) is 25.4 Å². The van der Waals surface area contributed by atoms with Gasteiger partial charge >= 0.3 is 5.97 Å². The van der Waals surface area contributed by atoms with E-state index < -0.39 is 23.4 Å². The molecule has 0 aliphatic carbocycles. The van der Waals surface area contributed by atoms with Crippen molar-refractivity contribution < 1.29 is 24.2 Å².